The van der Waals surface area contributed by atoms with E-state index in [1.165, 1.54) is 30.7 Å². The first-order valence-corrected chi connectivity index (χ1v) is 12.2. The number of carbonyl (C=O) groups is 2. The fraction of sp³-hybridized carbons (Fsp3) is 0.370. The third-order valence-corrected chi connectivity index (χ3v) is 7.37. The van der Waals surface area contributed by atoms with Crippen LogP contribution in [0.15, 0.2) is 53.1 Å². The smallest absolute Gasteiger partial charge is 0.228 e. The fourth-order valence-corrected chi connectivity index (χ4v) is 5.45. The molecule has 6 rings (SSSR count). The maximum absolute atomic E-state index is 13.3. The highest BCUT2D eigenvalue weighted by Gasteiger charge is 2.39. The molecule has 8 heteroatoms. The molecule has 3 aliphatic heterocycles. The van der Waals surface area contributed by atoms with Gasteiger partial charge in [0.15, 0.2) is 5.76 Å². The number of anilines is 2. The first-order chi connectivity index (χ1) is 17.1. The van der Waals surface area contributed by atoms with Crippen LogP contribution in [0.25, 0.3) is 11.3 Å². The predicted molar refractivity (Wildman–Crippen MR) is 129 cm³/mol. The Kier molecular flexibility index (Phi) is 5.51. The second kappa shape index (κ2) is 8.83. The fourth-order valence-electron chi connectivity index (χ4n) is 5.45. The molecular formula is C27H27FN4O3. The van der Waals surface area contributed by atoms with E-state index in [2.05, 4.69) is 22.2 Å². The van der Waals surface area contributed by atoms with Gasteiger partial charge in [0.25, 0.3) is 0 Å². The number of rotatable bonds is 4. The standard InChI is InChI=1S/C27H27FN4O3/c28-20-5-3-18(4-6-20)26-23-11-14-31(17-24(23)29-35-26)27(34)19-15-25(33)32(16-19)22-9-7-21(8-10-22)30-12-1-2-13-30/h3-10,19H,1-2,11-17H2. The van der Waals surface area contributed by atoms with Crippen molar-refractivity contribution in [3.63, 3.8) is 0 Å². The van der Waals surface area contributed by atoms with Crippen molar-refractivity contribution in [2.75, 3.05) is 36.0 Å². The summed E-state index contributed by atoms with van der Waals surface area (Å²) in [5.41, 5.74) is 4.48. The van der Waals surface area contributed by atoms with Gasteiger partial charge < -0.3 is 19.2 Å². The molecule has 2 amide bonds. The SMILES string of the molecule is O=C(C1CC(=O)N(c2ccc(N3CCCC3)cc2)C1)N1CCc2c(noc2-c2ccc(F)cc2)C1. The lowest BCUT2D eigenvalue weighted by atomic mass is 9.99. The molecule has 3 aromatic rings. The van der Waals surface area contributed by atoms with Crippen LogP contribution in [-0.2, 0) is 22.6 Å². The highest BCUT2D eigenvalue weighted by molar-refractivity contribution is 6.00. The van der Waals surface area contributed by atoms with Crippen LogP contribution < -0.4 is 9.80 Å². The zero-order valence-corrected chi connectivity index (χ0v) is 19.5. The number of hydrogen-bond acceptors (Lipinski definition) is 5. The molecule has 1 unspecified atom stereocenters. The minimum atomic E-state index is -0.370. The number of hydrogen-bond donors (Lipinski definition) is 0. The van der Waals surface area contributed by atoms with Gasteiger partial charge in [-0.2, -0.15) is 0 Å². The summed E-state index contributed by atoms with van der Waals surface area (Å²) in [4.78, 5) is 32.0. The summed E-state index contributed by atoms with van der Waals surface area (Å²) >= 11 is 0. The van der Waals surface area contributed by atoms with Crippen LogP contribution >= 0.6 is 0 Å². The summed E-state index contributed by atoms with van der Waals surface area (Å²) in [6, 6.07) is 14.2. The molecular weight excluding hydrogens is 447 g/mol. The molecule has 2 fully saturated rings. The number of amides is 2. The lowest BCUT2D eigenvalue weighted by Crippen LogP contribution is -2.40. The average Bonchev–Trinajstić information content (AvgIpc) is 3.64. The Labute approximate surface area is 203 Å². The number of aromatic nitrogens is 1. The monoisotopic (exact) mass is 474 g/mol. The molecule has 0 saturated carbocycles. The van der Waals surface area contributed by atoms with Crippen LogP contribution in [0.3, 0.4) is 0 Å². The molecule has 0 radical (unpaired) electrons. The van der Waals surface area contributed by atoms with Crippen molar-refractivity contribution in [2.24, 2.45) is 5.92 Å². The van der Waals surface area contributed by atoms with Gasteiger partial charge >= 0.3 is 0 Å². The zero-order chi connectivity index (χ0) is 23.9. The Morgan fingerprint density at radius 2 is 1.69 bits per heavy atom. The highest BCUT2D eigenvalue weighted by Crippen LogP contribution is 2.33. The summed E-state index contributed by atoms with van der Waals surface area (Å²) in [5.74, 6) is -0.0828. The zero-order valence-electron chi connectivity index (χ0n) is 19.5. The molecule has 3 aliphatic rings. The third kappa shape index (κ3) is 4.07. The third-order valence-electron chi connectivity index (χ3n) is 7.37. The minimum Gasteiger partial charge on any atom is -0.372 e. The van der Waals surface area contributed by atoms with Crippen molar-refractivity contribution < 1.29 is 18.5 Å². The average molecular weight is 475 g/mol. The van der Waals surface area contributed by atoms with Gasteiger partial charge in [-0.3, -0.25) is 9.59 Å². The van der Waals surface area contributed by atoms with E-state index >= 15 is 0 Å². The van der Waals surface area contributed by atoms with Crippen molar-refractivity contribution in [3.8, 4) is 11.3 Å². The molecule has 0 bridgehead atoms. The predicted octanol–water partition coefficient (Wildman–Crippen LogP) is 4.02. The van der Waals surface area contributed by atoms with Crippen molar-refractivity contribution in [3.05, 3.63) is 65.6 Å². The Bertz CT molecular complexity index is 1250. The van der Waals surface area contributed by atoms with E-state index in [1.54, 1.807) is 21.9 Å². The molecule has 35 heavy (non-hydrogen) atoms. The molecule has 1 atom stereocenters. The highest BCUT2D eigenvalue weighted by atomic mass is 19.1. The molecule has 180 valence electrons. The minimum absolute atomic E-state index is 0.0185. The van der Waals surface area contributed by atoms with Gasteiger partial charge in [-0.1, -0.05) is 5.16 Å². The van der Waals surface area contributed by atoms with Crippen molar-refractivity contribution in [1.29, 1.82) is 0 Å². The van der Waals surface area contributed by atoms with Gasteiger partial charge in [-0.15, -0.1) is 0 Å². The summed E-state index contributed by atoms with van der Waals surface area (Å²) in [7, 11) is 0. The largest absolute Gasteiger partial charge is 0.372 e. The molecule has 2 saturated heterocycles. The molecule has 2 aromatic carbocycles. The van der Waals surface area contributed by atoms with Gasteiger partial charge in [0.05, 0.1) is 12.5 Å². The van der Waals surface area contributed by atoms with Gasteiger partial charge in [-0.25, -0.2) is 4.39 Å². The number of fused-ring (bicyclic) bond motifs is 1. The lowest BCUT2D eigenvalue weighted by Gasteiger charge is -2.28. The number of benzene rings is 2. The molecule has 7 nitrogen and oxygen atoms in total. The van der Waals surface area contributed by atoms with Crippen molar-refractivity contribution >= 4 is 23.2 Å². The molecule has 0 N–H and O–H groups in total. The van der Waals surface area contributed by atoms with E-state index in [1.807, 2.05) is 12.1 Å². The van der Waals surface area contributed by atoms with Gasteiger partial charge in [0.2, 0.25) is 11.8 Å². The molecule has 0 spiro atoms. The summed E-state index contributed by atoms with van der Waals surface area (Å²) in [6.45, 7) is 3.44. The molecule has 0 aliphatic carbocycles. The maximum Gasteiger partial charge on any atom is 0.228 e. The van der Waals surface area contributed by atoms with Crippen LogP contribution in [-0.4, -0.2) is 48.0 Å². The topological polar surface area (TPSA) is 69.9 Å². The lowest BCUT2D eigenvalue weighted by molar-refractivity contribution is -0.136. The Morgan fingerprint density at radius 1 is 0.971 bits per heavy atom. The van der Waals surface area contributed by atoms with Crippen molar-refractivity contribution in [1.82, 2.24) is 10.1 Å². The quantitative estimate of drug-likeness (QED) is 0.571. The van der Waals surface area contributed by atoms with Crippen molar-refractivity contribution in [2.45, 2.75) is 32.2 Å². The Morgan fingerprint density at radius 3 is 2.43 bits per heavy atom. The second-order valence-electron chi connectivity index (χ2n) is 9.57. The van der Waals surface area contributed by atoms with E-state index in [0.29, 0.717) is 31.8 Å². The summed E-state index contributed by atoms with van der Waals surface area (Å²) in [5, 5.41) is 4.19. The van der Waals surface area contributed by atoms with E-state index in [-0.39, 0.29) is 30.0 Å². The normalized spacial score (nSPS) is 20.0. The van der Waals surface area contributed by atoms with E-state index in [0.717, 1.165) is 35.6 Å². The first-order valence-electron chi connectivity index (χ1n) is 12.2. The van der Waals surface area contributed by atoms with E-state index < -0.39 is 0 Å². The second-order valence-corrected chi connectivity index (χ2v) is 9.57. The van der Waals surface area contributed by atoms with Gasteiger partial charge in [0.1, 0.15) is 11.5 Å². The van der Waals surface area contributed by atoms with E-state index in [4.69, 9.17) is 4.52 Å². The Hall–Kier alpha value is -3.68. The molecule has 1 aromatic heterocycles. The van der Waals surface area contributed by atoms with Gasteiger partial charge in [0, 0.05) is 55.1 Å². The van der Waals surface area contributed by atoms with Crippen LogP contribution in [0.4, 0.5) is 15.8 Å². The summed E-state index contributed by atoms with van der Waals surface area (Å²) in [6.07, 6.45) is 3.27. The van der Waals surface area contributed by atoms with Crippen LogP contribution in [0.2, 0.25) is 0 Å². The number of carbonyl (C=O) groups excluding carboxylic acids is 2. The van der Waals surface area contributed by atoms with Crippen LogP contribution in [0.1, 0.15) is 30.5 Å². The first kappa shape index (κ1) is 21.8. The van der Waals surface area contributed by atoms with E-state index in [9.17, 15) is 14.0 Å². The molecule has 4 heterocycles. The van der Waals surface area contributed by atoms with Crippen LogP contribution in [0.5, 0.6) is 0 Å². The Balaban J connectivity index is 1.12. The maximum atomic E-state index is 13.3. The number of halogens is 1. The van der Waals surface area contributed by atoms with Crippen LogP contribution in [0, 0.1) is 11.7 Å². The number of nitrogens with zero attached hydrogens (tertiary/aromatic N) is 4. The van der Waals surface area contributed by atoms with Gasteiger partial charge in [-0.05, 0) is 67.8 Å². The summed E-state index contributed by atoms with van der Waals surface area (Å²) < 4.78 is 18.8.